The Morgan fingerprint density at radius 3 is 3.22 bits per heavy atom. The Kier molecular flexibility index (Phi) is 4.15. The van der Waals surface area contributed by atoms with Gasteiger partial charge >= 0.3 is 0 Å². The molecule has 18 heavy (non-hydrogen) atoms. The number of hydrogen-bond acceptors (Lipinski definition) is 4. The number of hydrogen-bond donors (Lipinski definition) is 2. The third-order valence-electron chi connectivity index (χ3n) is 3.33. The third kappa shape index (κ3) is 2.79. The second-order valence-corrected chi connectivity index (χ2v) is 4.71. The molecule has 0 aromatic carbocycles. The van der Waals surface area contributed by atoms with Gasteiger partial charge in [-0.2, -0.15) is 0 Å². The third-order valence-corrected chi connectivity index (χ3v) is 3.33. The van der Waals surface area contributed by atoms with Crippen molar-refractivity contribution in [3.63, 3.8) is 0 Å². The number of aromatic hydroxyl groups is 1. The molecule has 1 aliphatic heterocycles. The van der Waals surface area contributed by atoms with E-state index in [1.807, 2.05) is 11.9 Å². The van der Waals surface area contributed by atoms with Crippen molar-refractivity contribution in [3.8, 4) is 5.75 Å². The zero-order chi connectivity index (χ0) is 13.0. The van der Waals surface area contributed by atoms with E-state index in [4.69, 9.17) is 0 Å². The summed E-state index contributed by atoms with van der Waals surface area (Å²) in [5.74, 6) is 0.352. The first-order valence-corrected chi connectivity index (χ1v) is 6.29. The summed E-state index contributed by atoms with van der Waals surface area (Å²) in [6, 6.07) is 1.57. The van der Waals surface area contributed by atoms with Crippen LogP contribution in [0.1, 0.15) is 23.2 Å². The number of amides is 1. The number of carbonyl (C=O) groups is 1. The van der Waals surface area contributed by atoms with Crippen LogP contribution in [0.3, 0.4) is 0 Å². The van der Waals surface area contributed by atoms with Gasteiger partial charge in [0.05, 0.1) is 11.8 Å². The van der Waals surface area contributed by atoms with Crippen molar-refractivity contribution in [3.05, 3.63) is 24.0 Å². The number of nitrogens with one attached hydrogen (secondary N) is 1. The molecule has 5 heteroatoms. The SMILES string of the molecule is CNCC1CCCN(C(=O)c2ccncc2O)C1. The molecule has 2 rings (SSSR count). The van der Waals surface area contributed by atoms with E-state index in [1.54, 1.807) is 6.07 Å². The molecule has 5 nitrogen and oxygen atoms in total. The van der Waals surface area contributed by atoms with Gasteiger partial charge in [0.2, 0.25) is 0 Å². The van der Waals surface area contributed by atoms with Gasteiger partial charge in [-0.25, -0.2) is 0 Å². The first kappa shape index (κ1) is 12.8. The van der Waals surface area contributed by atoms with Crippen molar-refractivity contribution < 1.29 is 9.90 Å². The Morgan fingerprint density at radius 2 is 2.50 bits per heavy atom. The molecule has 98 valence electrons. The second kappa shape index (κ2) is 5.82. The van der Waals surface area contributed by atoms with Crippen LogP contribution in [0.2, 0.25) is 0 Å². The van der Waals surface area contributed by atoms with Crippen molar-refractivity contribution in [2.45, 2.75) is 12.8 Å². The van der Waals surface area contributed by atoms with E-state index in [1.165, 1.54) is 12.4 Å². The highest BCUT2D eigenvalue weighted by Gasteiger charge is 2.25. The molecule has 0 bridgehead atoms. The van der Waals surface area contributed by atoms with Crippen molar-refractivity contribution in [2.24, 2.45) is 5.92 Å². The first-order valence-electron chi connectivity index (χ1n) is 6.29. The number of pyridine rings is 1. The average Bonchev–Trinajstić information content (AvgIpc) is 2.39. The van der Waals surface area contributed by atoms with Crippen LogP contribution in [-0.2, 0) is 0 Å². The molecule has 2 N–H and O–H groups in total. The summed E-state index contributed by atoms with van der Waals surface area (Å²) < 4.78 is 0. The molecular weight excluding hydrogens is 230 g/mol. The van der Waals surface area contributed by atoms with Crippen LogP contribution in [0.5, 0.6) is 5.75 Å². The summed E-state index contributed by atoms with van der Waals surface area (Å²) in [4.78, 5) is 17.9. The zero-order valence-electron chi connectivity index (χ0n) is 10.6. The van der Waals surface area contributed by atoms with E-state index in [0.717, 1.165) is 32.5 Å². The minimum absolute atomic E-state index is 0.0433. The fraction of sp³-hybridized carbons (Fsp3) is 0.538. The predicted molar refractivity (Wildman–Crippen MR) is 68.5 cm³/mol. The molecule has 2 heterocycles. The summed E-state index contributed by atoms with van der Waals surface area (Å²) in [5.41, 5.74) is 0.343. The topological polar surface area (TPSA) is 65.5 Å². The van der Waals surface area contributed by atoms with Gasteiger partial charge in [0.15, 0.2) is 0 Å². The maximum absolute atomic E-state index is 12.3. The zero-order valence-corrected chi connectivity index (χ0v) is 10.6. The molecule has 0 saturated carbocycles. The number of aromatic nitrogens is 1. The van der Waals surface area contributed by atoms with Crippen molar-refractivity contribution in [1.82, 2.24) is 15.2 Å². The minimum Gasteiger partial charge on any atom is -0.505 e. The molecule has 0 aliphatic carbocycles. The van der Waals surface area contributed by atoms with Crippen LogP contribution in [0.4, 0.5) is 0 Å². The number of carbonyl (C=O) groups excluding carboxylic acids is 1. The highest BCUT2D eigenvalue weighted by molar-refractivity contribution is 5.96. The van der Waals surface area contributed by atoms with Gasteiger partial charge in [-0.15, -0.1) is 0 Å². The summed E-state index contributed by atoms with van der Waals surface area (Å²) in [5, 5.41) is 12.8. The van der Waals surface area contributed by atoms with Crippen LogP contribution in [0.15, 0.2) is 18.5 Å². The quantitative estimate of drug-likeness (QED) is 0.834. The average molecular weight is 249 g/mol. The Morgan fingerprint density at radius 1 is 1.67 bits per heavy atom. The minimum atomic E-state index is -0.101. The van der Waals surface area contributed by atoms with Gasteiger partial charge in [-0.1, -0.05) is 0 Å². The Hall–Kier alpha value is -1.62. The van der Waals surface area contributed by atoms with E-state index >= 15 is 0 Å². The Balaban J connectivity index is 2.07. The maximum atomic E-state index is 12.3. The molecule has 1 saturated heterocycles. The van der Waals surface area contributed by atoms with Crippen LogP contribution < -0.4 is 5.32 Å². The number of piperidine rings is 1. The Labute approximate surface area is 107 Å². The van der Waals surface area contributed by atoms with Crippen LogP contribution in [0, 0.1) is 5.92 Å². The Bertz CT molecular complexity index is 420. The molecule has 1 aliphatic rings. The highest BCUT2D eigenvalue weighted by atomic mass is 16.3. The molecule has 1 amide bonds. The molecule has 1 unspecified atom stereocenters. The molecule has 0 spiro atoms. The van der Waals surface area contributed by atoms with Gasteiger partial charge in [0.25, 0.3) is 5.91 Å². The monoisotopic (exact) mass is 249 g/mol. The van der Waals surface area contributed by atoms with Crippen molar-refractivity contribution in [1.29, 1.82) is 0 Å². The standard InChI is InChI=1S/C13H19N3O2/c1-14-7-10-3-2-6-16(9-10)13(18)11-4-5-15-8-12(11)17/h4-5,8,10,14,17H,2-3,6-7,9H2,1H3. The number of likely N-dealkylation sites (tertiary alicyclic amines) is 1. The largest absolute Gasteiger partial charge is 0.505 e. The molecule has 0 radical (unpaired) electrons. The van der Waals surface area contributed by atoms with Crippen LogP contribution >= 0.6 is 0 Å². The summed E-state index contributed by atoms with van der Waals surface area (Å²) in [6.07, 6.45) is 5.00. The smallest absolute Gasteiger partial charge is 0.257 e. The molecule has 1 fully saturated rings. The van der Waals surface area contributed by atoms with Crippen molar-refractivity contribution >= 4 is 5.91 Å². The molecule has 1 aromatic heterocycles. The predicted octanol–water partition coefficient (Wildman–Crippen LogP) is 0.859. The lowest BCUT2D eigenvalue weighted by molar-refractivity contribution is 0.0671. The number of rotatable bonds is 3. The fourth-order valence-corrected chi connectivity index (χ4v) is 2.44. The molecule has 1 aromatic rings. The van der Waals surface area contributed by atoms with Gasteiger partial charge < -0.3 is 15.3 Å². The fourth-order valence-electron chi connectivity index (χ4n) is 2.44. The lowest BCUT2D eigenvalue weighted by Crippen LogP contribution is -2.42. The second-order valence-electron chi connectivity index (χ2n) is 4.71. The maximum Gasteiger partial charge on any atom is 0.257 e. The van der Waals surface area contributed by atoms with E-state index in [-0.39, 0.29) is 11.7 Å². The van der Waals surface area contributed by atoms with E-state index in [0.29, 0.717) is 11.5 Å². The lowest BCUT2D eigenvalue weighted by atomic mass is 9.97. The van der Waals surface area contributed by atoms with Gasteiger partial charge in [0.1, 0.15) is 5.75 Å². The first-order chi connectivity index (χ1) is 8.72. The van der Waals surface area contributed by atoms with Crippen LogP contribution in [0.25, 0.3) is 0 Å². The van der Waals surface area contributed by atoms with E-state index < -0.39 is 0 Å². The lowest BCUT2D eigenvalue weighted by Gasteiger charge is -2.32. The van der Waals surface area contributed by atoms with E-state index in [9.17, 15) is 9.90 Å². The van der Waals surface area contributed by atoms with Crippen molar-refractivity contribution in [2.75, 3.05) is 26.7 Å². The van der Waals surface area contributed by atoms with Gasteiger partial charge in [0, 0.05) is 19.3 Å². The van der Waals surface area contributed by atoms with Gasteiger partial charge in [-0.3, -0.25) is 9.78 Å². The van der Waals surface area contributed by atoms with E-state index in [2.05, 4.69) is 10.3 Å². The molecule has 1 atom stereocenters. The van der Waals surface area contributed by atoms with Gasteiger partial charge in [-0.05, 0) is 38.4 Å². The normalized spacial score (nSPS) is 19.8. The van der Waals surface area contributed by atoms with Crippen LogP contribution in [-0.4, -0.2) is 47.6 Å². The molecular formula is C13H19N3O2. The summed E-state index contributed by atoms with van der Waals surface area (Å²) in [7, 11) is 1.93. The number of nitrogens with zero attached hydrogens (tertiary/aromatic N) is 2. The summed E-state index contributed by atoms with van der Waals surface area (Å²) >= 11 is 0. The summed E-state index contributed by atoms with van der Waals surface area (Å²) in [6.45, 7) is 2.44. The highest BCUT2D eigenvalue weighted by Crippen LogP contribution is 2.21.